The average molecular weight is 487 g/mol. The molecule has 0 radical (unpaired) electrons. The highest BCUT2D eigenvalue weighted by Gasteiger charge is 2.51. The Morgan fingerprint density at radius 3 is 2.32 bits per heavy atom. The topological polar surface area (TPSA) is 76.6 Å². The molecule has 184 valence electrons. The molecule has 3 heterocycles. The third-order valence-corrected chi connectivity index (χ3v) is 6.75. The van der Waals surface area contributed by atoms with E-state index in [1.54, 1.807) is 4.90 Å². The van der Waals surface area contributed by atoms with Gasteiger partial charge >= 0.3 is 12.4 Å². The summed E-state index contributed by atoms with van der Waals surface area (Å²) < 4.78 is 79.5. The Balaban J connectivity index is 1.51. The van der Waals surface area contributed by atoms with Crippen molar-refractivity contribution in [1.82, 2.24) is 9.80 Å². The minimum Gasteiger partial charge on any atom is -0.358 e. The second kappa shape index (κ2) is 8.46. The van der Waals surface area contributed by atoms with Crippen molar-refractivity contribution in [3.63, 3.8) is 0 Å². The molecule has 0 aliphatic carbocycles. The maximum atomic E-state index is 13.2. The predicted octanol–water partition coefficient (Wildman–Crippen LogP) is 3.34. The lowest BCUT2D eigenvalue weighted by Gasteiger charge is -2.37. The van der Waals surface area contributed by atoms with E-state index in [0.717, 1.165) is 11.3 Å². The Bertz CT molecular complexity index is 1000. The number of fused-ring (bicyclic) bond motifs is 2. The van der Waals surface area contributed by atoms with Crippen molar-refractivity contribution in [3.8, 4) is 6.07 Å². The first-order valence-electron chi connectivity index (χ1n) is 10.8. The van der Waals surface area contributed by atoms with Crippen LogP contribution in [0.2, 0.25) is 0 Å². The number of nitriles is 1. The lowest BCUT2D eigenvalue weighted by atomic mass is 10.1. The SMILES string of the molecule is C=C([C@@H](N)CN1CC2C[C@H]1C(=O)N2c1cc(C(F)(F)F)cc(C(F)(F)F)c1)N1CCCC1C#N. The van der Waals surface area contributed by atoms with Crippen LogP contribution in [0.3, 0.4) is 0 Å². The number of amides is 1. The van der Waals surface area contributed by atoms with Gasteiger partial charge in [-0.15, -0.1) is 0 Å². The molecule has 0 spiro atoms. The van der Waals surface area contributed by atoms with Gasteiger partial charge in [-0.2, -0.15) is 31.6 Å². The van der Waals surface area contributed by atoms with Gasteiger partial charge in [0, 0.05) is 31.0 Å². The van der Waals surface area contributed by atoms with Gasteiger partial charge in [0.05, 0.1) is 35.3 Å². The lowest BCUT2D eigenvalue weighted by molar-refractivity contribution is -0.143. The number of hydrogen-bond acceptors (Lipinski definition) is 5. The highest BCUT2D eigenvalue weighted by molar-refractivity contribution is 6.01. The van der Waals surface area contributed by atoms with Crippen LogP contribution in [0.25, 0.3) is 0 Å². The number of piperazine rings is 1. The summed E-state index contributed by atoms with van der Waals surface area (Å²) in [5.74, 6) is -0.558. The average Bonchev–Trinajstić information content (AvgIpc) is 3.45. The number of anilines is 1. The van der Waals surface area contributed by atoms with E-state index in [-0.39, 0.29) is 31.6 Å². The molecule has 3 saturated heterocycles. The summed E-state index contributed by atoms with van der Waals surface area (Å²) in [6.45, 7) is 5.16. The zero-order valence-corrected chi connectivity index (χ0v) is 18.0. The summed E-state index contributed by atoms with van der Waals surface area (Å²) in [6, 6.07) is 1.28. The van der Waals surface area contributed by atoms with Gasteiger partial charge in [0.15, 0.2) is 0 Å². The first-order chi connectivity index (χ1) is 15.8. The van der Waals surface area contributed by atoms with Crippen LogP contribution in [0.4, 0.5) is 32.0 Å². The van der Waals surface area contributed by atoms with Gasteiger partial charge in [0.1, 0.15) is 6.04 Å². The Hall–Kier alpha value is -2.78. The first kappa shape index (κ1) is 24.3. The standard InChI is InChI=1S/C22H23F6N5O/c1-12(32-4-2-3-15(32)9-29)18(30)11-31-10-17-8-19(31)20(34)33(17)16-6-13(21(23,24)25)5-14(7-16)22(26,27)28/h5-7,15,17-19H,1-4,8,10-11,30H2/t15?,17?,18-,19-/m0/s1. The molecule has 1 amide bonds. The number of carbonyl (C=O) groups excluding carboxylic acids is 1. The van der Waals surface area contributed by atoms with E-state index in [0.29, 0.717) is 30.8 Å². The molecule has 6 nitrogen and oxygen atoms in total. The molecule has 1 aromatic carbocycles. The summed E-state index contributed by atoms with van der Waals surface area (Å²) in [7, 11) is 0. The third kappa shape index (κ3) is 4.34. The van der Waals surface area contributed by atoms with E-state index in [9.17, 15) is 36.4 Å². The predicted molar refractivity (Wildman–Crippen MR) is 110 cm³/mol. The van der Waals surface area contributed by atoms with Crippen LogP contribution in [-0.4, -0.2) is 59.5 Å². The number of carbonyl (C=O) groups is 1. The molecule has 3 fully saturated rings. The molecule has 0 aromatic heterocycles. The Labute approximate surface area is 192 Å². The van der Waals surface area contributed by atoms with E-state index in [4.69, 9.17) is 5.73 Å². The maximum absolute atomic E-state index is 13.2. The number of likely N-dealkylation sites (tertiary alicyclic amines) is 2. The third-order valence-electron chi connectivity index (χ3n) is 6.75. The van der Waals surface area contributed by atoms with Gasteiger partial charge in [-0.1, -0.05) is 6.58 Å². The van der Waals surface area contributed by atoms with E-state index in [2.05, 4.69) is 12.6 Å². The fourth-order valence-corrected chi connectivity index (χ4v) is 5.10. The molecule has 34 heavy (non-hydrogen) atoms. The Morgan fingerprint density at radius 1 is 1.18 bits per heavy atom. The highest BCUT2D eigenvalue weighted by atomic mass is 19.4. The number of benzene rings is 1. The van der Waals surface area contributed by atoms with Crippen molar-refractivity contribution >= 4 is 11.6 Å². The van der Waals surface area contributed by atoms with Crippen molar-refractivity contribution in [2.24, 2.45) is 5.73 Å². The maximum Gasteiger partial charge on any atom is 0.416 e. The second-order valence-electron chi connectivity index (χ2n) is 8.91. The van der Waals surface area contributed by atoms with Gasteiger partial charge in [0.2, 0.25) is 5.91 Å². The van der Waals surface area contributed by atoms with Gasteiger partial charge in [-0.05, 0) is 37.5 Å². The normalized spacial score (nSPS) is 26.3. The van der Waals surface area contributed by atoms with Crippen molar-refractivity contribution in [2.75, 3.05) is 24.5 Å². The molecule has 2 N–H and O–H groups in total. The molecule has 12 heteroatoms. The van der Waals surface area contributed by atoms with Gasteiger partial charge in [-0.25, -0.2) is 0 Å². The van der Waals surface area contributed by atoms with E-state index < -0.39 is 53.2 Å². The van der Waals surface area contributed by atoms with Gasteiger partial charge < -0.3 is 15.5 Å². The fourth-order valence-electron chi connectivity index (χ4n) is 5.10. The summed E-state index contributed by atoms with van der Waals surface area (Å²) in [5, 5.41) is 9.27. The van der Waals surface area contributed by atoms with Crippen LogP contribution in [0.5, 0.6) is 0 Å². The lowest BCUT2D eigenvalue weighted by Crippen LogP contribution is -2.54. The van der Waals surface area contributed by atoms with Gasteiger partial charge in [-0.3, -0.25) is 9.69 Å². The molecule has 2 unspecified atom stereocenters. The number of nitrogens with two attached hydrogens (primary N) is 1. The molecule has 4 rings (SSSR count). The van der Waals surface area contributed by atoms with Crippen molar-refractivity contribution in [1.29, 1.82) is 5.26 Å². The molecule has 4 atom stereocenters. The number of rotatable bonds is 5. The smallest absolute Gasteiger partial charge is 0.358 e. The largest absolute Gasteiger partial charge is 0.416 e. The number of nitrogens with zero attached hydrogens (tertiary/aromatic N) is 4. The van der Waals surface area contributed by atoms with Gasteiger partial charge in [0.25, 0.3) is 0 Å². The van der Waals surface area contributed by atoms with Crippen molar-refractivity contribution in [3.05, 3.63) is 41.6 Å². The minimum atomic E-state index is -4.99. The number of hydrogen-bond donors (Lipinski definition) is 1. The van der Waals surface area contributed by atoms with Crippen LogP contribution in [0.15, 0.2) is 30.5 Å². The molecule has 1 aromatic rings. The zero-order chi connectivity index (χ0) is 25.0. The van der Waals surface area contributed by atoms with Crippen LogP contribution in [0, 0.1) is 11.3 Å². The molecule has 3 aliphatic heterocycles. The Kier molecular flexibility index (Phi) is 6.06. The summed E-state index contributed by atoms with van der Waals surface area (Å²) in [6.07, 6.45) is -8.16. The zero-order valence-electron chi connectivity index (χ0n) is 18.0. The van der Waals surface area contributed by atoms with Crippen LogP contribution in [0.1, 0.15) is 30.4 Å². The molecular formula is C22H23F6N5O. The van der Waals surface area contributed by atoms with Crippen LogP contribution < -0.4 is 10.6 Å². The highest BCUT2D eigenvalue weighted by Crippen LogP contribution is 2.42. The Morgan fingerprint density at radius 2 is 1.79 bits per heavy atom. The molecule has 2 bridgehead atoms. The second-order valence-corrected chi connectivity index (χ2v) is 8.91. The fraction of sp³-hybridized carbons (Fsp3) is 0.545. The molecule has 3 aliphatic rings. The van der Waals surface area contributed by atoms with Crippen LogP contribution in [-0.2, 0) is 17.1 Å². The van der Waals surface area contributed by atoms with Crippen molar-refractivity contribution < 1.29 is 31.1 Å². The van der Waals surface area contributed by atoms with E-state index in [1.807, 2.05) is 4.90 Å². The van der Waals surface area contributed by atoms with Crippen molar-refractivity contribution in [2.45, 2.75) is 55.8 Å². The molecular weight excluding hydrogens is 464 g/mol. The first-order valence-corrected chi connectivity index (χ1v) is 10.8. The van der Waals surface area contributed by atoms with E-state index in [1.165, 1.54) is 0 Å². The van der Waals surface area contributed by atoms with E-state index >= 15 is 0 Å². The summed E-state index contributed by atoms with van der Waals surface area (Å²) in [5.41, 5.74) is 3.53. The minimum absolute atomic E-state index is 0.0477. The van der Waals surface area contributed by atoms with Crippen LogP contribution >= 0.6 is 0 Å². The number of halogens is 6. The quantitative estimate of drug-likeness (QED) is 0.645. The number of alkyl halides is 6. The summed E-state index contributed by atoms with van der Waals surface area (Å²) in [4.78, 5) is 17.7. The monoisotopic (exact) mass is 487 g/mol. The molecule has 0 saturated carbocycles. The summed E-state index contributed by atoms with van der Waals surface area (Å²) >= 11 is 0.